The first-order chi connectivity index (χ1) is 7.74. The van der Waals surface area contributed by atoms with Crippen molar-refractivity contribution >= 4 is 11.3 Å². The maximum atomic E-state index is 8.38. The molecule has 0 aliphatic heterocycles. The fourth-order valence-corrected chi connectivity index (χ4v) is 2.23. The van der Waals surface area contributed by atoms with Gasteiger partial charge in [-0.25, -0.2) is 4.98 Å². The highest BCUT2D eigenvalue weighted by Crippen LogP contribution is 2.20. The standard InChI is InChI=1S/C12H19N3S/c1-10(2)12-15-9-11(16-12)8-14-7-5-3-4-6-13/h9-10,14H,3-5,7-8H2,1-2H3. The molecule has 3 nitrogen and oxygen atoms in total. The van der Waals surface area contributed by atoms with Gasteiger partial charge in [0.15, 0.2) is 0 Å². The summed E-state index contributed by atoms with van der Waals surface area (Å²) in [4.78, 5) is 5.67. The van der Waals surface area contributed by atoms with Gasteiger partial charge in [0.05, 0.1) is 11.1 Å². The molecule has 0 unspecified atom stereocenters. The van der Waals surface area contributed by atoms with Crippen molar-refractivity contribution in [2.75, 3.05) is 6.54 Å². The van der Waals surface area contributed by atoms with Gasteiger partial charge in [0.1, 0.15) is 0 Å². The molecule has 1 rings (SSSR count). The number of unbranched alkanes of at least 4 members (excludes halogenated alkanes) is 2. The van der Waals surface area contributed by atoms with Gasteiger partial charge in [0.25, 0.3) is 0 Å². The predicted octanol–water partition coefficient (Wildman–Crippen LogP) is 3.05. The first-order valence-electron chi connectivity index (χ1n) is 5.76. The zero-order chi connectivity index (χ0) is 11.8. The minimum absolute atomic E-state index is 0.523. The summed E-state index contributed by atoms with van der Waals surface area (Å²) >= 11 is 1.78. The van der Waals surface area contributed by atoms with Gasteiger partial charge < -0.3 is 5.32 Å². The quantitative estimate of drug-likeness (QED) is 0.741. The summed E-state index contributed by atoms with van der Waals surface area (Å²) in [6, 6.07) is 2.16. The van der Waals surface area contributed by atoms with Gasteiger partial charge in [-0.15, -0.1) is 11.3 Å². The molecule has 1 aromatic rings. The van der Waals surface area contributed by atoms with E-state index in [4.69, 9.17) is 5.26 Å². The number of hydrogen-bond donors (Lipinski definition) is 1. The van der Waals surface area contributed by atoms with E-state index in [1.165, 1.54) is 9.88 Å². The average molecular weight is 237 g/mol. The van der Waals surface area contributed by atoms with Gasteiger partial charge in [-0.05, 0) is 19.4 Å². The van der Waals surface area contributed by atoms with Crippen molar-refractivity contribution in [1.82, 2.24) is 10.3 Å². The Balaban J connectivity index is 2.15. The molecule has 88 valence electrons. The van der Waals surface area contributed by atoms with Gasteiger partial charge in [-0.2, -0.15) is 5.26 Å². The van der Waals surface area contributed by atoms with Crippen LogP contribution in [0.25, 0.3) is 0 Å². The van der Waals surface area contributed by atoms with E-state index < -0.39 is 0 Å². The number of nitriles is 1. The molecule has 0 spiro atoms. The molecule has 1 aromatic heterocycles. The largest absolute Gasteiger partial charge is 0.312 e. The lowest BCUT2D eigenvalue weighted by atomic mass is 10.2. The van der Waals surface area contributed by atoms with Crippen molar-refractivity contribution < 1.29 is 0 Å². The van der Waals surface area contributed by atoms with Crippen LogP contribution in [0.3, 0.4) is 0 Å². The Kier molecular flexibility index (Phi) is 6.05. The Bertz CT molecular complexity index is 338. The van der Waals surface area contributed by atoms with E-state index in [2.05, 4.69) is 30.2 Å². The molecule has 0 radical (unpaired) electrons. The summed E-state index contributed by atoms with van der Waals surface area (Å²) < 4.78 is 0. The Morgan fingerprint density at radius 1 is 1.50 bits per heavy atom. The van der Waals surface area contributed by atoms with Crippen molar-refractivity contribution in [2.45, 2.75) is 45.6 Å². The van der Waals surface area contributed by atoms with Crippen LogP contribution in [0.2, 0.25) is 0 Å². The molecule has 16 heavy (non-hydrogen) atoms. The maximum absolute atomic E-state index is 8.38. The molecule has 4 heteroatoms. The summed E-state index contributed by atoms with van der Waals surface area (Å²) in [5, 5.41) is 13.0. The van der Waals surface area contributed by atoms with Gasteiger partial charge in [0.2, 0.25) is 0 Å². The zero-order valence-electron chi connectivity index (χ0n) is 9.99. The molecule has 0 saturated heterocycles. The topological polar surface area (TPSA) is 48.7 Å². The van der Waals surface area contributed by atoms with Crippen LogP contribution in [0, 0.1) is 11.3 Å². The second kappa shape index (κ2) is 7.37. The Morgan fingerprint density at radius 2 is 2.31 bits per heavy atom. The third kappa shape index (κ3) is 4.73. The monoisotopic (exact) mass is 237 g/mol. The normalized spacial score (nSPS) is 10.6. The SMILES string of the molecule is CC(C)c1ncc(CNCCCCC#N)s1. The second-order valence-electron chi connectivity index (χ2n) is 4.11. The van der Waals surface area contributed by atoms with Crippen LogP contribution < -0.4 is 5.32 Å². The summed E-state index contributed by atoms with van der Waals surface area (Å²) in [7, 11) is 0. The summed E-state index contributed by atoms with van der Waals surface area (Å²) in [5.74, 6) is 0.523. The van der Waals surface area contributed by atoms with Crippen LogP contribution in [0.1, 0.15) is 48.9 Å². The van der Waals surface area contributed by atoms with E-state index in [0.717, 1.165) is 25.9 Å². The number of hydrogen-bond acceptors (Lipinski definition) is 4. The van der Waals surface area contributed by atoms with Gasteiger partial charge >= 0.3 is 0 Å². The van der Waals surface area contributed by atoms with E-state index in [1.54, 1.807) is 11.3 Å². The van der Waals surface area contributed by atoms with Crippen LogP contribution >= 0.6 is 11.3 Å². The van der Waals surface area contributed by atoms with Crippen LogP contribution in [-0.2, 0) is 6.54 Å². The van der Waals surface area contributed by atoms with E-state index in [0.29, 0.717) is 12.3 Å². The molecule has 0 aliphatic carbocycles. The Labute approximate surface area is 102 Å². The van der Waals surface area contributed by atoms with Crippen LogP contribution in [-0.4, -0.2) is 11.5 Å². The molecule has 0 saturated carbocycles. The number of thiazole rings is 1. The molecule has 0 atom stereocenters. The van der Waals surface area contributed by atoms with Crippen LogP contribution in [0.5, 0.6) is 0 Å². The Hall–Kier alpha value is -0.920. The predicted molar refractivity (Wildman–Crippen MR) is 67.4 cm³/mol. The third-order valence-electron chi connectivity index (χ3n) is 2.26. The second-order valence-corrected chi connectivity index (χ2v) is 5.26. The summed E-state index contributed by atoms with van der Waals surface area (Å²) in [6.45, 7) is 6.21. The van der Waals surface area contributed by atoms with Crippen molar-refractivity contribution in [3.05, 3.63) is 16.1 Å². The van der Waals surface area contributed by atoms with E-state index in [-0.39, 0.29) is 0 Å². The minimum Gasteiger partial charge on any atom is -0.312 e. The van der Waals surface area contributed by atoms with Crippen LogP contribution in [0.4, 0.5) is 0 Å². The molecule has 0 aliphatic rings. The molecule has 0 fully saturated rings. The van der Waals surface area contributed by atoms with Gasteiger partial charge in [-0.3, -0.25) is 0 Å². The van der Waals surface area contributed by atoms with Crippen molar-refractivity contribution in [3.8, 4) is 6.07 Å². The minimum atomic E-state index is 0.523. The van der Waals surface area contributed by atoms with Crippen molar-refractivity contribution in [2.24, 2.45) is 0 Å². The first-order valence-corrected chi connectivity index (χ1v) is 6.58. The number of nitrogens with zero attached hydrogens (tertiary/aromatic N) is 2. The van der Waals surface area contributed by atoms with Gasteiger partial charge in [-0.1, -0.05) is 13.8 Å². The molecule has 0 bridgehead atoms. The fraction of sp³-hybridized carbons (Fsp3) is 0.667. The highest BCUT2D eigenvalue weighted by atomic mass is 32.1. The lowest BCUT2D eigenvalue weighted by Gasteiger charge is -2.00. The molecule has 0 amide bonds. The molecule has 1 heterocycles. The number of rotatable bonds is 7. The maximum Gasteiger partial charge on any atom is 0.0953 e. The van der Waals surface area contributed by atoms with E-state index in [9.17, 15) is 0 Å². The summed E-state index contributed by atoms with van der Waals surface area (Å²) in [5.41, 5.74) is 0. The molecule has 0 aromatic carbocycles. The summed E-state index contributed by atoms with van der Waals surface area (Å²) in [6.07, 6.45) is 4.69. The average Bonchev–Trinajstić information content (AvgIpc) is 2.72. The lowest BCUT2D eigenvalue weighted by Crippen LogP contribution is -2.13. The lowest BCUT2D eigenvalue weighted by molar-refractivity contribution is 0.632. The molecule has 1 N–H and O–H groups in total. The van der Waals surface area contributed by atoms with Gasteiger partial charge in [0, 0.05) is 30.0 Å². The Morgan fingerprint density at radius 3 is 2.94 bits per heavy atom. The molecular weight excluding hydrogens is 218 g/mol. The third-order valence-corrected chi connectivity index (χ3v) is 3.55. The van der Waals surface area contributed by atoms with Crippen molar-refractivity contribution in [1.29, 1.82) is 5.26 Å². The number of aromatic nitrogens is 1. The first kappa shape index (κ1) is 13.1. The fourth-order valence-electron chi connectivity index (χ4n) is 1.34. The zero-order valence-corrected chi connectivity index (χ0v) is 10.8. The smallest absolute Gasteiger partial charge is 0.0953 e. The van der Waals surface area contributed by atoms with Crippen LogP contribution in [0.15, 0.2) is 6.20 Å². The highest BCUT2D eigenvalue weighted by molar-refractivity contribution is 7.11. The van der Waals surface area contributed by atoms with Crippen molar-refractivity contribution in [3.63, 3.8) is 0 Å². The van der Waals surface area contributed by atoms with E-state index >= 15 is 0 Å². The molecular formula is C12H19N3S. The van der Waals surface area contributed by atoms with E-state index in [1.807, 2.05) is 6.20 Å². The highest BCUT2D eigenvalue weighted by Gasteiger charge is 2.04. The number of nitrogens with one attached hydrogen (secondary N) is 1.